The van der Waals surface area contributed by atoms with Crippen molar-refractivity contribution in [3.63, 3.8) is 0 Å². The predicted molar refractivity (Wildman–Crippen MR) is 124 cm³/mol. The molecule has 0 atom stereocenters. The summed E-state index contributed by atoms with van der Waals surface area (Å²) in [6.07, 6.45) is 4.05. The Bertz CT molecular complexity index is 774. The summed E-state index contributed by atoms with van der Waals surface area (Å²) in [5.41, 5.74) is 6.41. The Labute approximate surface area is 177 Å². The number of rotatable bonds is 9. The largest absolute Gasteiger partial charge is 0.293 e. The van der Waals surface area contributed by atoms with E-state index >= 15 is 0 Å². The smallest absolute Gasteiger partial charge is 0.269 e. The van der Waals surface area contributed by atoms with Gasteiger partial charge in [-0.05, 0) is 46.8 Å². The summed E-state index contributed by atoms with van der Waals surface area (Å²) in [5, 5.41) is 10.9. The van der Waals surface area contributed by atoms with Gasteiger partial charge in [-0.15, -0.1) is 5.54 Å². The van der Waals surface area contributed by atoms with Crippen LogP contribution in [-0.2, 0) is 4.79 Å². The zero-order valence-electron chi connectivity index (χ0n) is 18.9. The van der Waals surface area contributed by atoms with Crippen LogP contribution in [0.5, 0.6) is 0 Å². The molecule has 0 amide bonds. The van der Waals surface area contributed by atoms with Gasteiger partial charge in [0.1, 0.15) is 8.07 Å². The number of carbonyl (C=O) groups is 1. The summed E-state index contributed by atoms with van der Waals surface area (Å²) in [6, 6.07) is 6.27. The fourth-order valence-electron chi connectivity index (χ4n) is 4.13. The first kappa shape index (κ1) is 24.8. The molecule has 158 valence electrons. The standard InChI is InChI=1S/C24H35NO3Si/c1-8-9-10-24(26)22(17-21-11-13-23(14-12-21)25(27)28)15-16-29(18(2)3,19(4)5)20(6)7/h11-14,17-20H,8-10H2,1-7H3/b22-17+. The SMILES string of the molecule is CCCCC(=O)/C(C#C[Si](C(C)C)(C(C)C)C(C)C)=C/c1ccc([N+](=O)[O-])cc1. The van der Waals surface area contributed by atoms with Gasteiger partial charge in [0, 0.05) is 18.6 Å². The Morgan fingerprint density at radius 1 is 1.07 bits per heavy atom. The fourth-order valence-corrected chi connectivity index (χ4v) is 9.34. The van der Waals surface area contributed by atoms with E-state index in [0.29, 0.717) is 28.6 Å². The molecule has 0 saturated heterocycles. The highest BCUT2D eigenvalue weighted by Crippen LogP contribution is 2.40. The third kappa shape index (κ3) is 6.40. The number of nitro benzene ring substituents is 1. The van der Waals surface area contributed by atoms with Crippen LogP contribution >= 0.6 is 0 Å². The number of nitro groups is 1. The highest BCUT2D eigenvalue weighted by Gasteiger charge is 2.41. The van der Waals surface area contributed by atoms with E-state index in [-0.39, 0.29) is 11.5 Å². The maximum absolute atomic E-state index is 12.8. The molecule has 1 aromatic rings. The molecule has 0 heterocycles. The highest BCUT2D eigenvalue weighted by molar-refractivity contribution is 6.90. The number of allylic oxidation sites excluding steroid dienone is 1. The van der Waals surface area contributed by atoms with E-state index in [2.05, 4.69) is 59.9 Å². The lowest BCUT2D eigenvalue weighted by Gasteiger charge is -2.38. The molecule has 0 fully saturated rings. The molecule has 0 aliphatic carbocycles. The molecule has 0 saturated carbocycles. The van der Waals surface area contributed by atoms with Gasteiger partial charge in [0.2, 0.25) is 0 Å². The van der Waals surface area contributed by atoms with Gasteiger partial charge in [0.25, 0.3) is 5.69 Å². The second kappa shape index (κ2) is 11.1. The predicted octanol–water partition coefficient (Wildman–Crippen LogP) is 6.96. The summed E-state index contributed by atoms with van der Waals surface area (Å²) in [5.74, 6) is 3.34. The van der Waals surface area contributed by atoms with Crippen LogP contribution in [0.2, 0.25) is 16.6 Å². The number of carbonyl (C=O) groups excluding carboxylic acids is 1. The van der Waals surface area contributed by atoms with Gasteiger partial charge >= 0.3 is 0 Å². The number of nitrogens with zero attached hydrogens (tertiary/aromatic N) is 1. The van der Waals surface area contributed by atoms with Crippen molar-refractivity contribution in [2.45, 2.75) is 84.4 Å². The van der Waals surface area contributed by atoms with Crippen molar-refractivity contribution >= 4 is 25.6 Å². The first-order valence-electron chi connectivity index (χ1n) is 10.6. The Morgan fingerprint density at radius 2 is 1.59 bits per heavy atom. The molecular formula is C24H35NO3Si. The number of unbranched alkanes of at least 4 members (excludes halogenated alkanes) is 1. The van der Waals surface area contributed by atoms with Crippen LogP contribution in [0.25, 0.3) is 6.08 Å². The van der Waals surface area contributed by atoms with Crippen LogP contribution in [-0.4, -0.2) is 18.8 Å². The van der Waals surface area contributed by atoms with E-state index < -0.39 is 13.0 Å². The minimum absolute atomic E-state index is 0.0398. The molecule has 0 aliphatic rings. The number of benzene rings is 1. The van der Waals surface area contributed by atoms with E-state index in [1.807, 2.05) is 0 Å². The zero-order valence-corrected chi connectivity index (χ0v) is 19.9. The van der Waals surface area contributed by atoms with Crippen molar-refractivity contribution in [2.75, 3.05) is 0 Å². The molecule has 0 aromatic heterocycles. The molecule has 0 bridgehead atoms. The highest BCUT2D eigenvalue weighted by atomic mass is 28.3. The van der Waals surface area contributed by atoms with Crippen molar-refractivity contribution in [3.05, 3.63) is 45.5 Å². The Kier molecular flexibility index (Phi) is 9.52. The van der Waals surface area contributed by atoms with E-state index in [1.165, 1.54) is 12.1 Å². The molecule has 0 unspecified atom stereocenters. The maximum atomic E-state index is 12.8. The topological polar surface area (TPSA) is 60.2 Å². The normalized spacial score (nSPS) is 12.3. The molecule has 0 N–H and O–H groups in total. The van der Waals surface area contributed by atoms with Crippen LogP contribution in [0, 0.1) is 21.6 Å². The third-order valence-electron chi connectivity index (χ3n) is 5.75. The van der Waals surface area contributed by atoms with Gasteiger partial charge in [-0.25, -0.2) is 0 Å². The van der Waals surface area contributed by atoms with Crippen molar-refractivity contribution in [2.24, 2.45) is 0 Å². The zero-order chi connectivity index (χ0) is 22.2. The maximum Gasteiger partial charge on any atom is 0.269 e. The summed E-state index contributed by atoms with van der Waals surface area (Å²) < 4.78 is 0. The van der Waals surface area contributed by atoms with Gasteiger partial charge in [-0.3, -0.25) is 14.9 Å². The van der Waals surface area contributed by atoms with Gasteiger partial charge in [0.15, 0.2) is 5.78 Å². The van der Waals surface area contributed by atoms with E-state index in [0.717, 1.165) is 18.4 Å². The van der Waals surface area contributed by atoms with Gasteiger partial charge in [-0.2, -0.15) is 0 Å². The van der Waals surface area contributed by atoms with Crippen LogP contribution < -0.4 is 0 Å². The fraction of sp³-hybridized carbons (Fsp3) is 0.542. The molecule has 4 nitrogen and oxygen atoms in total. The van der Waals surface area contributed by atoms with Crippen LogP contribution in [0.4, 0.5) is 5.69 Å². The second-order valence-electron chi connectivity index (χ2n) is 8.58. The number of Topliss-reactive ketones (excluding diaryl/α,β-unsaturated/α-hetero) is 1. The van der Waals surface area contributed by atoms with Crippen molar-refractivity contribution in [1.29, 1.82) is 0 Å². The third-order valence-corrected chi connectivity index (χ3v) is 12.0. The lowest BCUT2D eigenvalue weighted by atomic mass is 10.0. The Morgan fingerprint density at radius 3 is 2.00 bits per heavy atom. The average molecular weight is 414 g/mol. The molecular weight excluding hydrogens is 378 g/mol. The van der Waals surface area contributed by atoms with Gasteiger partial charge < -0.3 is 0 Å². The number of non-ortho nitro benzene ring substituents is 1. The molecule has 29 heavy (non-hydrogen) atoms. The molecule has 0 aliphatic heterocycles. The number of ketones is 1. The summed E-state index contributed by atoms with van der Waals surface area (Å²) in [4.78, 5) is 23.3. The van der Waals surface area contributed by atoms with Crippen molar-refractivity contribution in [3.8, 4) is 11.5 Å². The van der Waals surface area contributed by atoms with Crippen LogP contribution in [0.3, 0.4) is 0 Å². The van der Waals surface area contributed by atoms with Crippen LogP contribution in [0.15, 0.2) is 29.8 Å². The lowest BCUT2D eigenvalue weighted by molar-refractivity contribution is -0.384. The molecule has 0 radical (unpaired) electrons. The summed E-state index contributed by atoms with van der Waals surface area (Å²) >= 11 is 0. The first-order chi connectivity index (χ1) is 13.6. The minimum Gasteiger partial charge on any atom is -0.293 e. The van der Waals surface area contributed by atoms with E-state index in [1.54, 1.807) is 18.2 Å². The van der Waals surface area contributed by atoms with Crippen molar-refractivity contribution < 1.29 is 9.72 Å². The number of hydrogen-bond acceptors (Lipinski definition) is 3. The average Bonchev–Trinajstić information content (AvgIpc) is 2.65. The van der Waals surface area contributed by atoms with Gasteiger partial charge in [-0.1, -0.05) is 60.8 Å². The molecule has 1 rings (SSSR count). The summed E-state index contributed by atoms with van der Waals surface area (Å²) in [6.45, 7) is 15.6. The van der Waals surface area contributed by atoms with E-state index in [9.17, 15) is 14.9 Å². The molecule has 0 spiro atoms. The second-order valence-corrected chi connectivity index (χ2v) is 14.2. The quantitative estimate of drug-likeness (QED) is 0.144. The first-order valence-corrected chi connectivity index (χ1v) is 12.8. The van der Waals surface area contributed by atoms with Crippen molar-refractivity contribution in [1.82, 2.24) is 0 Å². The minimum atomic E-state index is -1.95. The number of hydrogen-bond donors (Lipinski definition) is 0. The van der Waals surface area contributed by atoms with Gasteiger partial charge in [0.05, 0.1) is 10.5 Å². The Hall–Kier alpha value is -2.19. The molecule has 5 heteroatoms. The monoisotopic (exact) mass is 413 g/mol. The Balaban J connectivity index is 3.45. The molecule has 1 aromatic carbocycles. The van der Waals surface area contributed by atoms with E-state index in [4.69, 9.17) is 0 Å². The summed E-state index contributed by atoms with van der Waals surface area (Å²) in [7, 11) is -1.95. The lowest BCUT2D eigenvalue weighted by Crippen LogP contribution is -2.43. The van der Waals surface area contributed by atoms with Crippen LogP contribution in [0.1, 0.15) is 73.3 Å².